The number of aliphatic hydroxyl groups excluding tert-OH is 1. The van der Waals surface area contributed by atoms with Crippen molar-refractivity contribution in [3.05, 3.63) is 65.7 Å². The highest BCUT2D eigenvalue weighted by Gasteiger charge is 2.39. The van der Waals surface area contributed by atoms with Crippen molar-refractivity contribution in [1.82, 2.24) is 9.80 Å². The molecule has 2 aliphatic rings. The smallest absolute Gasteiger partial charge is 0.119 e. The Hall–Kier alpha value is -1.88. The van der Waals surface area contributed by atoms with E-state index in [4.69, 9.17) is 4.74 Å². The van der Waals surface area contributed by atoms with Gasteiger partial charge in [-0.1, -0.05) is 42.5 Å². The van der Waals surface area contributed by atoms with Crippen LogP contribution in [0.5, 0.6) is 5.75 Å². The zero-order valence-electron chi connectivity index (χ0n) is 15.4. The van der Waals surface area contributed by atoms with E-state index in [0.29, 0.717) is 12.1 Å². The van der Waals surface area contributed by atoms with E-state index in [0.717, 1.165) is 44.8 Å². The Morgan fingerprint density at radius 3 is 2.62 bits per heavy atom. The third kappa shape index (κ3) is 3.93. The molecule has 26 heavy (non-hydrogen) atoms. The second-order valence-electron chi connectivity index (χ2n) is 7.62. The predicted octanol–water partition coefficient (Wildman–Crippen LogP) is 2.56. The lowest BCUT2D eigenvalue weighted by Crippen LogP contribution is -2.56. The van der Waals surface area contributed by atoms with Gasteiger partial charge < -0.3 is 9.84 Å². The Balaban J connectivity index is 1.53. The fraction of sp³-hybridized carbons (Fsp3) is 0.455. The highest BCUT2D eigenvalue weighted by atomic mass is 16.5. The molecule has 2 aromatic rings. The maximum absolute atomic E-state index is 10.1. The van der Waals surface area contributed by atoms with Crippen LogP contribution in [0, 0.1) is 0 Å². The normalized spacial score (nSPS) is 26.6. The van der Waals surface area contributed by atoms with Crippen LogP contribution in [0.2, 0.25) is 0 Å². The van der Waals surface area contributed by atoms with Gasteiger partial charge in [0.05, 0.1) is 13.2 Å². The summed E-state index contributed by atoms with van der Waals surface area (Å²) in [5.74, 6) is 0.914. The Kier molecular flexibility index (Phi) is 5.25. The molecule has 4 rings (SSSR count). The number of hydrogen-bond acceptors (Lipinski definition) is 4. The standard InChI is InChI=1S/C22H28N2O2/c1-26-22-9-5-8-18(11-22)13-23-15-20-12-21(25)16-24(20)14-19(23)10-17-6-3-2-4-7-17/h2-9,11,19-21,25H,10,12-16H2,1H3/t19-,20+,21-/m1/s1. The number of nitrogens with zero attached hydrogens (tertiary/aromatic N) is 2. The van der Waals surface area contributed by atoms with E-state index < -0.39 is 0 Å². The van der Waals surface area contributed by atoms with E-state index in [-0.39, 0.29) is 6.10 Å². The molecule has 2 aromatic carbocycles. The van der Waals surface area contributed by atoms with Crippen molar-refractivity contribution in [1.29, 1.82) is 0 Å². The number of benzene rings is 2. The number of piperazine rings is 1. The fourth-order valence-electron chi connectivity index (χ4n) is 4.46. The summed E-state index contributed by atoms with van der Waals surface area (Å²) >= 11 is 0. The van der Waals surface area contributed by atoms with Crippen LogP contribution in [0.1, 0.15) is 17.5 Å². The minimum absolute atomic E-state index is 0.172. The van der Waals surface area contributed by atoms with Crippen LogP contribution in [-0.2, 0) is 13.0 Å². The van der Waals surface area contributed by atoms with Crippen LogP contribution < -0.4 is 4.74 Å². The lowest BCUT2D eigenvalue weighted by molar-refractivity contribution is 0.0445. The summed E-state index contributed by atoms with van der Waals surface area (Å²) in [4.78, 5) is 5.08. The Morgan fingerprint density at radius 1 is 1.00 bits per heavy atom. The quantitative estimate of drug-likeness (QED) is 0.897. The van der Waals surface area contributed by atoms with E-state index in [1.165, 1.54) is 11.1 Å². The van der Waals surface area contributed by atoms with Gasteiger partial charge in [0.2, 0.25) is 0 Å². The molecule has 4 heteroatoms. The summed E-state index contributed by atoms with van der Waals surface area (Å²) in [6.07, 6.45) is 1.77. The average Bonchev–Trinajstić information content (AvgIpc) is 3.02. The number of methoxy groups -OCH3 is 1. The lowest BCUT2D eigenvalue weighted by Gasteiger charge is -2.44. The van der Waals surface area contributed by atoms with Crippen molar-refractivity contribution in [2.75, 3.05) is 26.7 Å². The predicted molar refractivity (Wildman–Crippen MR) is 103 cm³/mol. The molecule has 1 N–H and O–H groups in total. The Bertz CT molecular complexity index is 721. The fourth-order valence-corrected chi connectivity index (χ4v) is 4.46. The molecule has 4 nitrogen and oxygen atoms in total. The van der Waals surface area contributed by atoms with Crippen molar-refractivity contribution in [3.8, 4) is 5.75 Å². The third-order valence-electron chi connectivity index (χ3n) is 5.75. The molecule has 0 aliphatic carbocycles. The first kappa shape index (κ1) is 17.5. The monoisotopic (exact) mass is 352 g/mol. The molecule has 0 bridgehead atoms. The van der Waals surface area contributed by atoms with Crippen LogP contribution in [-0.4, -0.2) is 59.8 Å². The van der Waals surface area contributed by atoms with Crippen molar-refractivity contribution < 1.29 is 9.84 Å². The number of aliphatic hydroxyl groups is 1. The van der Waals surface area contributed by atoms with Crippen molar-refractivity contribution in [2.45, 2.75) is 37.6 Å². The van der Waals surface area contributed by atoms with Gasteiger partial charge in [0.1, 0.15) is 5.75 Å². The van der Waals surface area contributed by atoms with E-state index in [9.17, 15) is 5.11 Å². The van der Waals surface area contributed by atoms with E-state index in [1.54, 1.807) is 7.11 Å². The third-order valence-corrected chi connectivity index (χ3v) is 5.75. The second kappa shape index (κ2) is 7.78. The summed E-state index contributed by atoms with van der Waals surface area (Å²) in [7, 11) is 1.72. The number of hydrogen-bond donors (Lipinski definition) is 1. The van der Waals surface area contributed by atoms with Crippen LogP contribution in [0.25, 0.3) is 0 Å². The number of rotatable bonds is 5. The highest BCUT2D eigenvalue weighted by molar-refractivity contribution is 5.28. The molecule has 0 saturated carbocycles. The summed E-state index contributed by atoms with van der Waals surface area (Å²) in [6, 6.07) is 20.1. The number of ether oxygens (including phenoxy) is 1. The molecule has 3 atom stereocenters. The zero-order valence-corrected chi connectivity index (χ0v) is 15.4. The van der Waals surface area contributed by atoms with E-state index >= 15 is 0 Å². The highest BCUT2D eigenvalue weighted by Crippen LogP contribution is 2.28. The van der Waals surface area contributed by atoms with Gasteiger partial charge in [-0.2, -0.15) is 0 Å². The SMILES string of the molecule is COc1cccc(CN2C[C@@H]3C[C@@H](O)CN3C[C@H]2Cc2ccccc2)c1. The molecule has 2 fully saturated rings. The molecule has 0 aromatic heterocycles. The minimum atomic E-state index is -0.172. The van der Waals surface area contributed by atoms with Crippen LogP contribution in [0.15, 0.2) is 54.6 Å². The summed E-state index contributed by atoms with van der Waals surface area (Å²) in [5.41, 5.74) is 2.67. The average molecular weight is 352 g/mol. The Morgan fingerprint density at radius 2 is 1.81 bits per heavy atom. The maximum Gasteiger partial charge on any atom is 0.119 e. The summed E-state index contributed by atoms with van der Waals surface area (Å²) in [5, 5.41) is 10.1. The van der Waals surface area contributed by atoms with Gasteiger partial charge in [0, 0.05) is 38.3 Å². The van der Waals surface area contributed by atoms with Gasteiger partial charge >= 0.3 is 0 Å². The molecule has 0 amide bonds. The topological polar surface area (TPSA) is 35.9 Å². The van der Waals surface area contributed by atoms with Gasteiger partial charge in [-0.05, 0) is 36.1 Å². The molecule has 0 unspecified atom stereocenters. The molecule has 0 spiro atoms. The van der Waals surface area contributed by atoms with E-state index in [1.807, 2.05) is 6.07 Å². The van der Waals surface area contributed by atoms with Crippen LogP contribution >= 0.6 is 0 Å². The summed E-state index contributed by atoms with van der Waals surface area (Å²) in [6.45, 7) is 3.80. The first-order chi connectivity index (χ1) is 12.7. The molecular formula is C22H28N2O2. The molecular weight excluding hydrogens is 324 g/mol. The number of fused-ring (bicyclic) bond motifs is 1. The van der Waals surface area contributed by atoms with E-state index in [2.05, 4.69) is 58.3 Å². The van der Waals surface area contributed by atoms with Gasteiger partial charge in [-0.25, -0.2) is 0 Å². The van der Waals surface area contributed by atoms with Crippen LogP contribution in [0.3, 0.4) is 0 Å². The summed E-state index contributed by atoms with van der Waals surface area (Å²) < 4.78 is 5.39. The second-order valence-corrected chi connectivity index (χ2v) is 7.62. The Labute approximate surface area is 156 Å². The zero-order chi connectivity index (χ0) is 17.9. The first-order valence-corrected chi connectivity index (χ1v) is 9.54. The van der Waals surface area contributed by atoms with Crippen LogP contribution in [0.4, 0.5) is 0 Å². The molecule has 2 aliphatic heterocycles. The minimum Gasteiger partial charge on any atom is -0.497 e. The molecule has 0 radical (unpaired) electrons. The van der Waals surface area contributed by atoms with Gasteiger partial charge in [0.15, 0.2) is 0 Å². The van der Waals surface area contributed by atoms with Gasteiger partial charge in [0.25, 0.3) is 0 Å². The first-order valence-electron chi connectivity index (χ1n) is 9.54. The van der Waals surface area contributed by atoms with Crippen molar-refractivity contribution >= 4 is 0 Å². The van der Waals surface area contributed by atoms with Gasteiger partial charge in [-0.3, -0.25) is 9.80 Å². The van der Waals surface area contributed by atoms with Crippen molar-refractivity contribution in [2.24, 2.45) is 0 Å². The molecule has 2 saturated heterocycles. The van der Waals surface area contributed by atoms with Crippen molar-refractivity contribution in [3.63, 3.8) is 0 Å². The lowest BCUT2D eigenvalue weighted by atomic mass is 9.99. The molecule has 138 valence electrons. The largest absolute Gasteiger partial charge is 0.497 e. The maximum atomic E-state index is 10.1. The molecule has 2 heterocycles. The van der Waals surface area contributed by atoms with Gasteiger partial charge in [-0.15, -0.1) is 0 Å².